The van der Waals surface area contributed by atoms with Crippen molar-refractivity contribution in [3.63, 3.8) is 0 Å². The van der Waals surface area contributed by atoms with E-state index in [2.05, 4.69) is 21.2 Å². The van der Waals surface area contributed by atoms with Crippen LogP contribution in [0.2, 0.25) is 0 Å². The smallest absolute Gasteiger partial charge is 0.338 e. The number of hydrogen-bond donors (Lipinski definition) is 1. The van der Waals surface area contributed by atoms with Crippen molar-refractivity contribution in [1.29, 1.82) is 0 Å². The van der Waals surface area contributed by atoms with Crippen LogP contribution >= 0.6 is 27.3 Å². The fraction of sp³-hybridized carbons (Fsp3) is 0.429. The fourth-order valence-corrected chi connectivity index (χ4v) is 3.58. The summed E-state index contributed by atoms with van der Waals surface area (Å²) in [6, 6.07) is 3.00. The maximum Gasteiger partial charge on any atom is 0.338 e. The molecule has 8 heteroatoms. The van der Waals surface area contributed by atoms with Gasteiger partial charge in [0.05, 0.1) is 22.0 Å². The van der Waals surface area contributed by atoms with Gasteiger partial charge in [0.2, 0.25) is 0 Å². The molecule has 1 aliphatic rings. The first kappa shape index (κ1) is 17.0. The summed E-state index contributed by atoms with van der Waals surface area (Å²) in [4.78, 5) is 26.7. The summed E-state index contributed by atoms with van der Waals surface area (Å²) in [7, 11) is 3.16. The highest BCUT2D eigenvalue weighted by Gasteiger charge is 2.35. The average Bonchev–Trinajstić information content (AvgIpc) is 2.91. The highest BCUT2D eigenvalue weighted by Crippen LogP contribution is 2.35. The van der Waals surface area contributed by atoms with Gasteiger partial charge in [-0.2, -0.15) is 0 Å². The van der Waals surface area contributed by atoms with Crippen LogP contribution in [0.1, 0.15) is 17.8 Å². The quantitative estimate of drug-likeness (QED) is 0.621. The van der Waals surface area contributed by atoms with Gasteiger partial charge < -0.3 is 19.7 Å². The monoisotopic (exact) mass is 388 g/mol. The van der Waals surface area contributed by atoms with E-state index in [1.54, 1.807) is 21.1 Å². The number of esters is 1. The number of urea groups is 1. The first-order valence-corrected chi connectivity index (χ1v) is 8.23. The van der Waals surface area contributed by atoms with Crippen molar-refractivity contribution in [3.8, 4) is 0 Å². The molecular weight excluding hydrogens is 372 g/mol. The highest BCUT2D eigenvalue weighted by molar-refractivity contribution is 9.11. The Bertz CT molecular complexity index is 614. The Hall–Kier alpha value is -1.38. The van der Waals surface area contributed by atoms with Crippen LogP contribution in [0.4, 0.5) is 4.79 Å². The van der Waals surface area contributed by atoms with Gasteiger partial charge in [0.1, 0.15) is 6.61 Å². The van der Waals surface area contributed by atoms with Gasteiger partial charge in [-0.15, -0.1) is 11.3 Å². The SMILES string of the molecule is COCCOC(=O)C1=C(C)N(C)C(=O)N[C@H]1c1ccc(Br)s1. The summed E-state index contributed by atoms with van der Waals surface area (Å²) >= 11 is 4.86. The second-order valence-electron chi connectivity index (χ2n) is 4.71. The molecule has 2 amide bonds. The zero-order chi connectivity index (χ0) is 16.3. The molecule has 1 aromatic heterocycles. The van der Waals surface area contributed by atoms with E-state index in [-0.39, 0.29) is 12.6 Å². The van der Waals surface area contributed by atoms with Crippen molar-refractivity contribution >= 4 is 39.3 Å². The molecule has 0 spiro atoms. The number of rotatable bonds is 5. The number of nitrogens with zero attached hydrogens (tertiary/aromatic N) is 1. The van der Waals surface area contributed by atoms with E-state index in [4.69, 9.17) is 9.47 Å². The Morgan fingerprint density at radius 1 is 1.45 bits per heavy atom. The number of carbonyl (C=O) groups excluding carboxylic acids is 2. The number of carbonyl (C=O) groups is 2. The van der Waals surface area contributed by atoms with E-state index >= 15 is 0 Å². The van der Waals surface area contributed by atoms with E-state index in [9.17, 15) is 9.59 Å². The first-order valence-electron chi connectivity index (χ1n) is 6.62. The van der Waals surface area contributed by atoms with Crippen molar-refractivity contribution in [2.75, 3.05) is 27.4 Å². The lowest BCUT2D eigenvalue weighted by molar-refractivity contribution is -0.140. The second-order valence-corrected chi connectivity index (χ2v) is 7.21. The zero-order valence-corrected chi connectivity index (χ0v) is 14.9. The molecule has 1 atom stereocenters. The normalized spacial score (nSPS) is 18.5. The number of nitrogens with one attached hydrogen (secondary N) is 1. The van der Waals surface area contributed by atoms with E-state index in [1.165, 1.54) is 16.2 Å². The largest absolute Gasteiger partial charge is 0.460 e. The second kappa shape index (κ2) is 7.26. The highest BCUT2D eigenvalue weighted by atomic mass is 79.9. The standard InChI is InChI=1S/C14H17BrN2O4S/c1-8-11(13(18)21-7-6-20-3)12(16-14(19)17(8)2)9-4-5-10(15)22-9/h4-5,12H,6-7H2,1-3H3,(H,16,19)/t12-/m0/s1. The van der Waals surface area contributed by atoms with Gasteiger partial charge in [0.25, 0.3) is 0 Å². The van der Waals surface area contributed by atoms with Crippen molar-refractivity contribution in [3.05, 3.63) is 32.1 Å². The fourth-order valence-electron chi connectivity index (χ4n) is 2.09. The predicted molar refractivity (Wildman–Crippen MR) is 86.6 cm³/mol. The summed E-state index contributed by atoms with van der Waals surface area (Å²) in [5.41, 5.74) is 1.02. The molecule has 0 aromatic carbocycles. The molecule has 0 fully saturated rings. The van der Waals surface area contributed by atoms with Gasteiger partial charge in [-0.1, -0.05) is 0 Å². The van der Waals surface area contributed by atoms with Crippen molar-refractivity contribution < 1.29 is 19.1 Å². The van der Waals surface area contributed by atoms with Crippen LogP contribution in [-0.4, -0.2) is 44.3 Å². The van der Waals surface area contributed by atoms with E-state index in [1.807, 2.05) is 12.1 Å². The van der Waals surface area contributed by atoms with E-state index < -0.39 is 12.0 Å². The summed E-state index contributed by atoms with van der Waals surface area (Å²) in [6.45, 7) is 2.24. The van der Waals surface area contributed by atoms with Crippen molar-refractivity contribution in [1.82, 2.24) is 10.2 Å². The molecule has 0 aliphatic carbocycles. The minimum atomic E-state index is -0.505. The van der Waals surface area contributed by atoms with Gasteiger partial charge in [-0.05, 0) is 35.0 Å². The van der Waals surface area contributed by atoms with Crippen LogP contribution in [0.15, 0.2) is 27.2 Å². The molecule has 1 N–H and O–H groups in total. The third kappa shape index (κ3) is 3.50. The van der Waals surface area contributed by atoms with E-state index in [0.29, 0.717) is 17.9 Å². The summed E-state index contributed by atoms with van der Waals surface area (Å²) in [5, 5.41) is 2.83. The zero-order valence-electron chi connectivity index (χ0n) is 12.5. The minimum absolute atomic E-state index is 0.171. The number of hydrogen-bond acceptors (Lipinski definition) is 5. The number of amides is 2. The maximum absolute atomic E-state index is 12.4. The molecule has 2 heterocycles. The Morgan fingerprint density at radius 2 is 2.18 bits per heavy atom. The number of halogens is 1. The number of thiophene rings is 1. The lowest BCUT2D eigenvalue weighted by Gasteiger charge is -2.32. The Balaban J connectivity index is 2.33. The molecule has 6 nitrogen and oxygen atoms in total. The van der Waals surface area contributed by atoms with Crippen LogP contribution < -0.4 is 5.32 Å². The Labute approximate surface area is 141 Å². The third-order valence-electron chi connectivity index (χ3n) is 3.37. The van der Waals surface area contributed by atoms with Crippen LogP contribution in [0.25, 0.3) is 0 Å². The summed E-state index contributed by atoms with van der Waals surface area (Å²) < 4.78 is 11.0. The molecule has 22 heavy (non-hydrogen) atoms. The minimum Gasteiger partial charge on any atom is -0.460 e. The summed E-state index contributed by atoms with van der Waals surface area (Å²) in [5.74, 6) is -0.448. The van der Waals surface area contributed by atoms with Gasteiger partial charge in [-0.3, -0.25) is 0 Å². The van der Waals surface area contributed by atoms with Crippen LogP contribution in [-0.2, 0) is 14.3 Å². The van der Waals surface area contributed by atoms with Gasteiger partial charge in [-0.25, -0.2) is 9.59 Å². The summed E-state index contributed by atoms with van der Waals surface area (Å²) in [6.07, 6.45) is 0. The first-order chi connectivity index (χ1) is 10.5. The molecule has 1 aliphatic heterocycles. The number of methoxy groups -OCH3 is 1. The lowest BCUT2D eigenvalue weighted by atomic mass is 10.0. The van der Waals surface area contributed by atoms with Crippen LogP contribution in [0, 0.1) is 0 Å². The van der Waals surface area contributed by atoms with Gasteiger partial charge in [0.15, 0.2) is 0 Å². The molecule has 0 saturated carbocycles. The maximum atomic E-state index is 12.4. The van der Waals surface area contributed by atoms with Crippen LogP contribution in [0.3, 0.4) is 0 Å². The molecule has 2 rings (SSSR count). The third-order valence-corrected chi connectivity index (χ3v) is 5.06. The number of ether oxygens (including phenoxy) is 2. The molecular formula is C14H17BrN2O4S. The average molecular weight is 389 g/mol. The lowest BCUT2D eigenvalue weighted by Crippen LogP contribution is -2.46. The topological polar surface area (TPSA) is 67.9 Å². The molecule has 120 valence electrons. The molecule has 0 bridgehead atoms. The predicted octanol–water partition coefficient (Wildman–Crippen LogP) is 2.67. The Kier molecular flexibility index (Phi) is 5.60. The number of allylic oxidation sites excluding steroid dienone is 1. The molecule has 0 saturated heterocycles. The Morgan fingerprint density at radius 3 is 2.77 bits per heavy atom. The van der Waals surface area contributed by atoms with Gasteiger partial charge in [0, 0.05) is 24.7 Å². The van der Waals surface area contributed by atoms with Crippen molar-refractivity contribution in [2.24, 2.45) is 0 Å². The van der Waals surface area contributed by atoms with Gasteiger partial charge >= 0.3 is 12.0 Å². The van der Waals surface area contributed by atoms with Crippen LogP contribution in [0.5, 0.6) is 0 Å². The molecule has 0 radical (unpaired) electrons. The van der Waals surface area contributed by atoms with Crippen molar-refractivity contribution in [2.45, 2.75) is 13.0 Å². The molecule has 0 unspecified atom stereocenters. The van der Waals surface area contributed by atoms with E-state index in [0.717, 1.165) is 8.66 Å². The molecule has 1 aromatic rings.